The number of hydrogen-bond donors (Lipinski definition) is 1. The van der Waals surface area contributed by atoms with Crippen molar-refractivity contribution >= 4 is 16.9 Å². The van der Waals surface area contributed by atoms with Crippen molar-refractivity contribution in [2.75, 3.05) is 7.05 Å². The second-order valence-electron chi connectivity index (χ2n) is 8.11. The van der Waals surface area contributed by atoms with Gasteiger partial charge in [-0.3, -0.25) is 14.2 Å². The summed E-state index contributed by atoms with van der Waals surface area (Å²) in [6, 6.07) is 3.67. The van der Waals surface area contributed by atoms with Crippen LogP contribution < -0.4 is 0 Å². The van der Waals surface area contributed by atoms with Crippen LogP contribution in [0.25, 0.3) is 33.4 Å². The number of carbonyl (C=O) groups is 1. The van der Waals surface area contributed by atoms with Crippen molar-refractivity contribution in [3.05, 3.63) is 35.5 Å². The number of H-pyrrole nitrogens is 1. The molecule has 4 aromatic rings. The molecule has 1 aliphatic rings. The van der Waals surface area contributed by atoms with Crippen LogP contribution in [-0.4, -0.2) is 52.6 Å². The number of aromatic nitrogens is 7. The lowest BCUT2D eigenvalue weighted by atomic mass is 10.0. The van der Waals surface area contributed by atoms with Gasteiger partial charge in [0, 0.05) is 56.0 Å². The molecular weight excluding hydrogens is 451 g/mol. The SMILES string of the molecule is CN1Cc2nn(C)c(C#N)c2-c2cc3c(c[nH]c3nn2)-c2cn(nc2C(F)(F)F)CCCC1=O. The van der Waals surface area contributed by atoms with Crippen LogP contribution in [0.5, 0.6) is 0 Å². The molecule has 0 spiro atoms. The number of hydrogen-bond acceptors (Lipinski definition) is 6. The molecule has 0 unspecified atom stereocenters. The summed E-state index contributed by atoms with van der Waals surface area (Å²) in [5.41, 5.74) is 0.715. The zero-order valence-corrected chi connectivity index (χ0v) is 18.2. The first-order valence-corrected chi connectivity index (χ1v) is 10.4. The summed E-state index contributed by atoms with van der Waals surface area (Å²) < 4.78 is 44.1. The average molecular weight is 469 g/mol. The van der Waals surface area contributed by atoms with Crippen LogP contribution in [0.1, 0.15) is 29.9 Å². The van der Waals surface area contributed by atoms with E-state index in [0.29, 0.717) is 28.7 Å². The molecule has 1 aliphatic heterocycles. The Morgan fingerprint density at radius 2 is 1.97 bits per heavy atom. The minimum atomic E-state index is -4.68. The zero-order valence-electron chi connectivity index (χ0n) is 18.2. The fourth-order valence-electron chi connectivity index (χ4n) is 4.19. The summed E-state index contributed by atoms with van der Waals surface area (Å²) in [4.78, 5) is 17.0. The van der Waals surface area contributed by atoms with Crippen LogP contribution in [0.3, 0.4) is 0 Å². The maximum absolute atomic E-state index is 13.8. The maximum atomic E-state index is 13.8. The Hall–Kier alpha value is -4.21. The smallest absolute Gasteiger partial charge is 0.344 e. The third-order valence-corrected chi connectivity index (χ3v) is 5.83. The van der Waals surface area contributed by atoms with E-state index in [0.717, 1.165) is 0 Å². The Bertz CT molecular complexity index is 1470. The van der Waals surface area contributed by atoms with Gasteiger partial charge in [-0.15, -0.1) is 10.2 Å². The minimum absolute atomic E-state index is 0.108. The Morgan fingerprint density at radius 1 is 1.18 bits per heavy atom. The van der Waals surface area contributed by atoms with E-state index in [1.54, 1.807) is 20.2 Å². The number of rotatable bonds is 0. The van der Waals surface area contributed by atoms with Crippen LogP contribution in [0.15, 0.2) is 18.5 Å². The van der Waals surface area contributed by atoms with Gasteiger partial charge in [0.15, 0.2) is 11.3 Å². The molecule has 0 aromatic carbocycles. The van der Waals surface area contributed by atoms with E-state index >= 15 is 0 Å². The molecule has 0 radical (unpaired) electrons. The summed E-state index contributed by atoms with van der Waals surface area (Å²) in [6.45, 7) is 0.274. The minimum Gasteiger partial charge on any atom is -0.344 e. The first-order chi connectivity index (χ1) is 16.2. The molecule has 0 atom stereocenters. The van der Waals surface area contributed by atoms with E-state index in [1.165, 1.54) is 26.7 Å². The molecule has 13 heteroatoms. The second kappa shape index (κ2) is 7.68. The summed E-state index contributed by atoms with van der Waals surface area (Å²) in [7, 11) is 3.21. The fourth-order valence-corrected chi connectivity index (χ4v) is 4.19. The third-order valence-electron chi connectivity index (χ3n) is 5.83. The Kier molecular flexibility index (Phi) is 4.89. The van der Waals surface area contributed by atoms with Crippen LogP contribution in [0.2, 0.25) is 0 Å². The average Bonchev–Trinajstić information content (AvgIpc) is 3.46. The molecule has 1 N–H and O–H groups in total. The van der Waals surface area contributed by atoms with E-state index in [9.17, 15) is 23.2 Å². The highest BCUT2D eigenvalue weighted by molar-refractivity contribution is 5.96. The van der Waals surface area contributed by atoms with Crippen molar-refractivity contribution in [3.8, 4) is 28.5 Å². The lowest BCUT2D eigenvalue weighted by Crippen LogP contribution is -2.26. The number of carbonyl (C=O) groups excluding carboxylic acids is 1. The lowest BCUT2D eigenvalue weighted by molar-refractivity contribution is -0.141. The van der Waals surface area contributed by atoms with Crippen molar-refractivity contribution in [3.63, 3.8) is 0 Å². The molecule has 5 heterocycles. The Morgan fingerprint density at radius 3 is 2.71 bits per heavy atom. The number of aromatic amines is 1. The number of nitriles is 1. The van der Waals surface area contributed by atoms with Crippen molar-refractivity contribution in [2.24, 2.45) is 7.05 Å². The quantitative estimate of drug-likeness (QED) is 0.423. The van der Waals surface area contributed by atoms with Crippen molar-refractivity contribution in [1.82, 2.24) is 39.6 Å². The van der Waals surface area contributed by atoms with Crippen LogP contribution in [0.4, 0.5) is 13.2 Å². The van der Waals surface area contributed by atoms with E-state index in [4.69, 9.17) is 0 Å². The lowest BCUT2D eigenvalue weighted by Gasteiger charge is -2.16. The molecule has 0 aliphatic carbocycles. The molecule has 4 aromatic heterocycles. The van der Waals surface area contributed by atoms with Gasteiger partial charge >= 0.3 is 6.18 Å². The Labute approximate surface area is 190 Å². The molecule has 5 rings (SSSR count). The van der Waals surface area contributed by atoms with E-state index in [-0.39, 0.29) is 47.9 Å². The monoisotopic (exact) mass is 469 g/mol. The predicted molar refractivity (Wildman–Crippen MR) is 113 cm³/mol. The Balaban J connectivity index is 1.79. The van der Waals surface area contributed by atoms with Gasteiger partial charge in [-0.2, -0.15) is 28.6 Å². The molecule has 0 fully saturated rings. The van der Waals surface area contributed by atoms with Gasteiger partial charge < -0.3 is 9.88 Å². The van der Waals surface area contributed by atoms with Gasteiger partial charge in [0.1, 0.15) is 11.8 Å². The molecular formula is C21H18F3N9O. The fraction of sp³-hybridized carbons (Fsp3) is 0.333. The summed E-state index contributed by atoms with van der Waals surface area (Å²) in [5, 5.41) is 26.6. The van der Waals surface area contributed by atoms with E-state index in [1.807, 2.05) is 0 Å². The van der Waals surface area contributed by atoms with E-state index < -0.39 is 11.9 Å². The molecule has 34 heavy (non-hydrogen) atoms. The summed E-state index contributed by atoms with van der Waals surface area (Å²) >= 11 is 0. The van der Waals surface area contributed by atoms with Gasteiger partial charge in [-0.1, -0.05) is 0 Å². The highest BCUT2D eigenvalue weighted by Gasteiger charge is 2.38. The predicted octanol–water partition coefficient (Wildman–Crippen LogP) is 2.86. The number of amides is 1. The number of alkyl halides is 3. The van der Waals surface area contributed by atoms with Gasteiger partial charge in [0.2, 0.25) is 5.91 Å². The van der Waals surface area contributed by atoms with Crippen molar-refractivity contribution < 1.29 is 18.0 Å². The number of halogens is 3. The van der Waals surface area contributed by atoms with Gasteiger partial charge in [0.25, 0.3) is 0 Å². The van der Waals surface area contributed by atoms with Gasteiger partial charge in [-0.25, -0.2) is 0 Å². The molecule has 0 saturated carbocycles. The van der Waals surface area contributed by atoms with Crippen LogP contribution in [0, 0.1) is 11.3 Å². The van der Waals surface area contributed by atoms with Crippen LogP contribution in [-0.2, 0) is 31.1 Å². The first-order valence-electron chi connectivity index (χ1n) is 10.4. The van der Waals surface area contributed by atoms with Gasteiger partial charge in [0.05, 0.1) is 23.5 Å². The topological polar surface area (TPSA) is 121 Å². The molecule has 4 bridgehead atoms. The number of aryl methyl sites for hydroxylation is 2. The van der Waals surface area contributed by atoms with Crippen molar-refractivity contribution in [1.29, 1.82) is 5.26 Å². The summed E-state index contributed by atoms with van der Waals surface area (Å²) in [6.07, 6.45) is -1.50. The molecule has 174 valence electrons. The van der Waals surface area contributed by atoms with Gasteiger partial charge in [-0.05, 0) is 12.5 Å². The first kappa shape index (κ1) is 21.6. The standard InChI is InChI=1S/C21H18F3N9O/c1-31-10-15-18(16(7-25)32(2)29-15)14-6-11-12(8-26-20(11)28-27-14)13-9-33(5-3-4-17(31)34)30-19(13)21(22,23)24/h6,8-9H,3-5,10H2,1-2H3,(H,26,28). The highest BCUT2D eigenvalue weighted by atomic mass is 19.4. The third kappa shape index (κ3) is 3.47. The number of nitrogens with zero attached hydrogens (tertiary/aromatic N) is 8. The highest BCUT2D eigenvalue weighted by Crippen LogP contribution is 2.39. The maximum Gasteiger partial charge on any atom is 0.435 e. The molecule has 1 amide bonds. The molecule has 10 nitrogen and oxygen atoms in total. The summed E-state index contributed by atoms with van der Waals surface area (Å²) in [5.74, 6) is -0.207. The number of fused-ring (bicyclic) bond motifs is 6. The van der Waals surface area contributed by atoms with Crippen LogP contribution >= 0.6 is 0 Å². The largest absolute Gasteiger partial charge is 0.435 e. The second-order valence-corrected chi connectivity index (χ2v) is 8.11. The van der Waals surface area contributed by atoms with E-state index in [2.05, 4.69) is 31.4 Å². The number of nitrogens with one attached hydrogen (secondary N) is 1. The molecule has 0 saturated heterocycles. The zero-order chi connectivity index (χ0) is 24.2. The normalized spacial score (nSPS) is 14.7. The van der Waals surface area contributed by atoms with Crippen molar-refractivity contribution in [2.45, 2.75) is 32.1 Å².